The number of hydrogen-bond acceptors (Lipinski definition) is 11. The molecule has 0 saturated carbocycles. The summed E-state index contributed by atoms with van der Waals surface area (Å²) in [6.07, 6.45) is 3.27. The molecule has 11 nitrogen and oxygen atoms in total. The summed E-state index contributed by atoms with van der Waals surface area (Å²) in [6.45, 7) is 0. The molecule has 34 heavy (non-hydrogen) atoms. The van der Waals surface area contributed by atoms with Crippen LogP contribution in [0, 0.1) is 0 Å². The number of carboxylic acids is 1. The van der Waals surface area contributed by atoms with Gasteiger partial charge in [-0.2, -0.15) is 0 Å². The first-order chi connectivity index (χ1) is 15.8. The molecular formula is C18H16ClN6NaO5S3. The molecule has 0 aliphatic carbocycles. The van der Waals surface area contributed by atoms with Crippen LogP contribution in [0.1, 0.15) is 12.0 Å². The van der Waals surface area contributed by atoms with E-state index in [1.54, 1.807) is 17.7 Å². The molecule has 1 fully saturated rings. The maximum atomic E-state index is 12.8. The van der Waals surface area contributed by atoms with Gasteiger partial charge in [-0.1, -0.05) is 22.8 Å². The van der Waals surface area contributed by atoms with Gasteiger partial charge >= 0.3 is 35.5 Å². The van der Waals surface area contributed by atoms with E-state index in [1.807, 2.05) is 0 Å². The second-order valence-electron chi connectivity index (χ2n) is 6.57. The summed E-state index contributed by atoms with van der Waals surface area (Å²) in [5.41, 5.74) is 7.58. The van der Waals surface area contributed by atoms with E-state index in [1.165, 1.54) is 40.5 Å². The second kappa shape index (κ2) is 11.2. The number of carbonyl (C=O) groups excluding carboxylic acids is 2. The van der Waals surface area contributed by atoms with Crippen LogP contribution in [0.4, 0.5) is 5.13 Å². The number of halogens is 1. The van der Waals surface area contributed by atoms with Crippen molar-refractivity contribution in [3.05, 3.63) is 44.0 Å². The Bertz CT molecular complexity index is 1230. The van der Waals surface area contributed by atoms with Crippen molar-refractivity contribution >= 4 is 80.7 Å². The number of oxime groups is 1. The van der Waals surface area contributed by atoms with E-state index in [0.29, 0.717) is 21.4 Å². The number of rotatable bonds is 7. The number of hydrogen-bond donors (Lipinski definition) is 3. The fraction of sp³-hybridized carbons (Fsp3) is 0.222. The molecule has 2 aliphatic rings. The van der Waals surface area contributed by atoms with E-state index < -0.39 is 29.2 Å². The summed E-state index contributed by atoms with van der Waals surface area (Å²) in [6, 6.07) is -0.934. The average Bonchev–Trinajstić information content (AvgIpc) is 3.40. The monoisotopic (exact) mass is 550 g/mol. The SMILES string of the molecule is CO/N=C(/C(=O)NC1C(=O)N2C(C(=O)O)=C(/C=C/c3scnc3Cl)CS[C@H]12)c1csc(N)n1.[H-].[Na+]. The molecule has 1 unspecified atom stereocenters. The smallest absolute Gasteiger partial charge is 1.00 e. The van der Waals surface area contributed by atoms with Gasteiger partial charge < -0.3 is 22.4 Å². The molecule has 1 saturated heterocycles. The van der Waals surface area contributed by atoms with Crippen molar-refractivity contribution in [2.24, 2.45) is 5.16 Å². The Morgan fingerprint density at radius 2 is 2.21 bits per heavy atom. The minimum Gasteiger partial charge on any atom is -1.00 e. The van der Waals surface area contributed by atoms with Gasteiger partial charge in [-0.25, -0.2) is 14.8 Å². The molecule has 4 heterocycles. The average molecular weight is 551 g/mol. The maximum Gasteiger partial charge on any atom is 1.00 e. The number of allylic oxidation sites excluding steroid dienone is 1. The Morgan fingerprint density at radius 3 is 2.79 bits per heavy atom. The molecule has 2 aromatic rings. The van der Waals surface area contributed by atoms with Gasteiger partial charge in [0, 0.05) is 11.1 Å². The molecule has 0 bridgehead atoms. The van der Waals surface area contributed by atoms with Crippen molar-refractivity contribution in [1.82, 2.24) is 20.2 Å². The van der Waals surface area contributed by atoms with Crippen LogP contribution in [0.5, 0.6) is 0 Å². The van der Waals surface area contributed by atoms with Gasteiger partial charge in [0.05, 0.1) is 10.4 Å². The van der Waals surface area contributed by atoms with Crippen LogP contribution < -0.4 is 40.6 Å². The predicted octanol–water partition coefficient (Wildman–Crippen LogP) is -1.25. The Balaban J connectivity index is 0.00000216. The summed E-state index contributed by atoms with van der Waals surface area (Å²) in [5.74, 6) is -2.16. The third kappa shape index (κ3) is 5.17. The number of aliphatic carboxylic acids is 1. The van der Waals surface area contributed by atoms with E-state index >= 15 is 0 Å². The molecule has 4 N–H and O–H groups in total. The summed E-state index contributed by atoms with van der Waals surface area (Å²) in [5, 5.41) is 17.6. The zero-order valence-electron chi connectivity index (χ0n) is 18.7. The van der Waals surface area contributed by atoms with Crippen LogP contribution in [-0.4, -0.2) is 67.7 Å². The Kier molecular flexibility index (Phi) is 8.78. The first-order valence-electron chi connectivity index (χ1n) is 9.13. The van der Waals surface area contributed by atoms with Crippen LogP contribution in [-0.2, 0) is 19.2 Å². The normalized spacial score (nSPS) is 20.0. The van der Waals surface area contributed by atoms with E-state index in [0.717, 1.165) is 11.3 Å². The Hall–Kier alpha value is -1.94. The van der Waals surface area contributed by atoms with Gasteiger partial charge in [-0.3, -0.25) is 14.5 Å². The van der Waals surface area contributed by atoms with Crippen molar-refractivity contribution in [3.63, 3.8) is 0 Å². The van der Waals surface area contributed by atoms with E-state index in [2.05, 4.69) is 20.4 Å². The number of carboxylic acid groups (broad SMARTS) is 1. The number of fused-ring (bicyclic) bond motifs is 1. The zero-order chi connectivity index (χ0) is 23.7. The predicted molar refractivity (Wildman–Crippen MR) is 127 cm³/mol. The molecule has 16 heteroatoms. The van der Waals surface area contributed by atoms with E-state index in [4.69, 9.17) is 22.2 Å². The van der Waals surface area contributed by atoms with Crippen molar-refractivity contribution in [1.29, 1.82) is 0 Å². The summed E-state index contributed by atoms with van der Waals surface area (Å²) >= 11 is 9.74. The number of nitrogens with one attached hydrogen (secondary N) is 1. The standard InChI is InChI=1S/C18H15ClN6O5S3.Na.H/c1-30-24-10(8-5-32-18(20)22-8)14(26)23-11-15(27)25-12(17(28)29)7(4-31-16(11)25)2-3-9-13(19)21-6-33-9;;/h2-3,5-6,11,16H,4H2,1H3,(H2,20,22)(H,23,26)(H,28,29);;/q;+1;-1/b3-2+,24-10+;;/t11?,16-;;/m1../s1. The third-order valence-electron chi connectivity index (χ3n) is 4.63. The number of thioether (sulfide) groups is 1. The summed E-state index contributed by atoms with van der Waals surface area (Å²) in [4.78, 5) is 52.1. The molecule has 2 aliphatic heterocycles. The van der Waals surface area contributed by atoms with E-state index in [-0.39, 0.29) is 53.2 Å². The molecule has 0 spiro atoms. The number of anilines is 1. The molecule has 2 atom stereocenters. The Labute approximate surface area is 233 Å². The van der Waals surface area contributed by atoms with Crippen molar-refractivity contribution in [3.8, 4) is 0 Å². The Morgan fingerprint density at radius 1 is 1.44 bits per heavy atom. The van der Waals surface area contributed by atoms with Gasteiger partial charge in [0.2, 0.25) is 0 Å². The fourth-order valence-electron chi connectivity index (χ4n) is 3.20. The number of aromatic nitrogens is 2. The van der Waals surface area contributed by atoms with Crippen LogP contribution in [0.15, 0.2) is 33.4 Å². The zero-order valence-corrected chi connectivity index (χ0v) is 22.9. The molecule has 0 radical (unpaired) electrons. The largest absolute Gasteiger partial charge is 1.00 e. The first-order valence-corrected chi connectivity index (χ1v) is 12.3. The maximum absolute atomic E-state index is 12.8. The minimum atomic E-state index is -1.24. The minimum absolute atomic E-state index is 0. The van der Waals surface area contributed by atoms with Crippen molar-refractivity contribution < 1.29 is 55.3 Å². The topological polar surface area (TPSA) is 160 Å². The van der Waals surface area contributed by atoms with Gasteiger partial charge in [0.15, 0.2) is 10.8 Å². The number of carbonyl (C=O) groups is 3. The molecule has 0 aromatic carbocycles. The first kappa shape index (κ1) is 26.7. The van der Waals surface area contributed by atoms with E-state index in [9.17, 15) is 19.5 Å². The van der Waals surface area contributed by atoms with Crippen LogP contribution in [0.3, 0.4) is 0 Å². The van der Waals surface area contributed by atoms with Crippen molar-refractivity contribution in [2.45, 2.75) is 11.4 Å². The fourth-order valence-corrected chi connectivity index (χ4v) is 5.94. The number of amides is 2. The summed E-state index contributed by atoms with van der Waals surface area (Å²) in [7, 11) is 1.27. The van der Waals surface area contributed by atoms with Gasteiger partial charge in [-0.05, 0) is 11.6 Å². The number of β-lactam (4-membered cyclic amide) rings is 1. The third-order valence-corrected chi connectivity index (χ3v) is 7.82. The van der Waals surface area contributed by atoms with Gasteiger partial charge in [0.1, 0.15) is 35.1 Å². The number of nitrogen functional groups attached to an aromatic ring is 1. The van der Waals surface area contributed by atoms with Gasteiger partial charge in [-0.15, -0.1) is 34.4 Å². The molecular weight excluding hydrogens is 535 g/mol. The number of thiazole rings is 2. The summed E-state index contributed by atoms with van der Waals surface area (Å²) < 4.78 is 0. The quantitative estimate of drug-likeness (QED) is 0.166. The van der Waals surface area contributed by atoms with Crippen molar-refractivity contribution in [2.75, 3.05) is 18.6 Å². The van der Waals surface area contributed by atoms with Crippen LogP contribution >= 0.6 is 46.0 Å². The number of nitrogens with zero attached hydrogens (tertiary/aromatic N) is 4. The van der Waals surface area contributed by atoms with Gasteiger partial charge in [0.25, 0.3) is 11.8 Å². The molecule has 2 aromatic heterocycles. The second-order valence-corrected chi connectivity index (χ2v) is 9.81. The van der Waals surface area contributed by atoms with Crippen LogP contribution in [0.25, 0.3) is 6.08 Å². The molecule has 174 valence electrons. The number of nitrogens with two attached hydrogens (primary N) is 1. The van der Waals surface area contributed by atoms with Crippen LogP contribution in [0.2, 0.25) is 5.15 Å². The molecule has 2 amide bonds. The molecule has 4 rings (SSSR count).